The van der Waals surface area contributed by atoms with Crippen LogP contribution < -0.4 is 0 Å². The monoisotopic (exact) mass is 334 g/mol. The van der Waals surface area contributed by atoms with Gasteiger partial charge in [-0.1, -0.05) is 49.7 Å². The Labute approximate surface area is 121 Å². The van der Waals surface area contributed by atoms with E-state index in [0.717, 1.165) is 0 Å². The van der Waals surface area contributed by atoms with Crippen molar-refractivity contribution in [3.05, 3.63) is 12.7 Å². The second kappa shape index (κ2) is 7.01. The second-order valence-electron chi connectivity index (χ2n) is 6.39. The van der Waals surface area contributed by atoms with Crippen LogP contribution in [0.25, 0.3) is 0 Å². The van der Waals surface area contributed by atoms with Gasteiger partial charge in [0.2, 0.25) is 0 Å². The van der Waals surface area contributed by atoms with Crippen molar-refractivity contribution in [2.24, 2.45) is 5.92 Å². The Hall–Kier alpha value is 0.0669. The van der Waals surface area contributed by atoms with Gasteiger partial charge < -0.3 is 4.43 Å². The molecule has 18 heavy (non-hydrogen) atoms. The van der Waals surface area contributed by atoms with Gasteiger partial charge in [-0.25, -0.2) is 0 Å². The molecular formula is C14H27BrO2Si. The average Bonchev–Trinajstić information content (AvgIpc) is 2.24. The SMILES string of the molecule is C=C[C@@H](C)[C@H](CC(=O)CBr)O[Si](C)(C)C(C)(C)C. The van der Waals surface area contributed by atoms with Crippen molar-refractivity contribution in [1.29, 1.82) is 0 Å². The summed E-state index contributed by atoms with van der Waals surface area (Å²) in [5.74, 6) is 0.384. The van der Waals surface area contributed by atoms with Crippen molar-refractivity contribution in [3.63, 3.8) is 0 Å². The van der Waals surface area contributed by atoms with E-state index in [1.54, 1.807) is 0 Å². The van der Waals surface area contributed by atoms with E-state index in [4.69, 9.17) is 4.43 Å². The molecule has 0 spiro atoms. The predicted molar refractivity (Wildman–Crippen MR) is 84.8 cm³/mol. The highest BCUT2D eigenvalue weighted by atomic mass is 79.9. The van der Waals surface area contributed by atoms with Gasteiger partial charge in [0.15, 0.2) is 8.32 Å². The summed E-state index contributed by atoms with van der Waals surface area (Å²) in [6, 6.07) is 0. The molecule has 0 aliphatic heterocycles. The lowest BCUT2D eigenvalue weighted by Gasteiger charge is -2.40. The number of hydrogen-bond acceptors (Lipinski definition) is 2. The zero-order valence-electron chi connectivity index (χ0n) is 12.5. The summed E-state index contributed by atoms with van der Waals surface area (Å²) < 4.78 is 6.35. The van der Waals surface area contributed by atoms with E-state index in [-0.39, 0.29) is 22.8 Å². The van der Waals surface area contributed by atoms with Gasteiger partial charge in [-0.15, -0.1) is 6.58 Å². The molecule has 0 saturated carbocycles. The van der Waals surface area contributed by atoms with Crippen LogP contribution >= 0.6 is 15.9 Å². The zero-order valence-corrected chi connectivity index (χ0v) is 15.1. The van der Waals surface area contributed by atoms with Crippen LogP contribution in [0, 0.1) is 5.92 Å². The molecule has 0 heterocycles. The van der Waals surface area contributed by atoms with Crippen LogP contribution in [0.15, 0.2) is 12.7 Å². The first kappa shape index (κ1) is 18.1. The summed E-state index contributed by atoms with van der Waals surface area (Å²) in [6.45, 7) is 16.9. The number of carbonyl (C=O) groups is 1. The Balaban J connectivity index is 4.90. The highest BCUT2D eigenvalue weighted by molar-refractivity contribution is 9.09. The first-order chi connectivity index (χ1) is 8.05. The van der Waals surface area contributed by atoms with E-state index >= 15 is 0 Å². The summed E-state index contributed by atoms with van der Waals surface area (Å²) >= 11 is 3.21. The molecule has 0 aromatic rings. The number of ketones is 1. The highest BCUT2D eigenvalue weighted by Crippen LogP contribution is 2.38. The molecule has 2 nitrogen and oxygen atoms in total. The maximum atomic E-state index is 11.6. The first-order valence-electron chi connectivity index (χ1n) is 6.43. The average molecular weight is 335 g/mol. The predicted octanol–water partition coefficient (Wildman–Crippen LogP) is 4.55. The second-order valence-corrected chi connectivity index (χ2v) is 11.7. The first-order valence-corrected chi connectivity index (χ1v) is 10.5. The van der Waals surface area contributed by atoms with E-state index in [0.29, 0.717) is 11.8 Å². The summed E-state index contributed by atoms with van der Waals surface area (Å²) in [6.07, 6.45) is 2.29. The molecule has 0 aromatic heterocycles. The minimum Gasteiger partial charge on any atom is -0.413 e. The van der Waals surface area contributed by atoms with Gasteiger partial charge in [0.25, 0.3) is 0 Å². The highest BCUT2D eigenvalue weighted by Gasteiger charge is 2.40. The lowest BCUT2D eigenvalue weighted by Crippen LogP contribution is -2.45. The van der Waals surface area contributed by atoms with Crippen molar-refractivity contribution < 1.29 is 9.22 Å². The molecule has 0 amide bonds. The quantitative estimate of drug-likeness (QED) is 0.387. The van der Waals surface area contributed by atoms with Gasteiger partial charge in [0.1, 0.15) is 5.78 Å². The van der Waals surface area contributed by atoms with Gasteiger partial charge in [0.05, 0.1) is 11.4 Å². The third kappa shape index (κ3) is 5.37. The van der Waals surface area contributed by atoms with Gasteiger partial charge in [-0.2, -0.15) is 0 Å². The Morgan fingerprint density at radius 2 is 1.94 bits per heavy atom. The van der Waals surface area contributed by atoms with E-state index < -0.39 is 8.32 Å². The smallest absolute Gasteiger partial charge is 0.192 e. The molecule has 0 bridgehead atoms. The molecule has 0 aliphatic carbocycles. The molecule has 0 saturated heterocycles. The Morgan fingerprint density at radius 1 is 1.44 bits per heavy atom. The van der Waals surface area contributed by atoms with Crippen LogP contribution in [0.1, 0.15) is 34.1 Å². The molecule has 0 aromatic carbocycles. The molecular weight excluding hydrogens is 308 g/mol. The molecule has 0 radical (unpaired) electrons. The maximum Gasteiger partial charge on any atom is 0.192 e. The molecule has 0 fully saturated rings. The molecule has 0 unspecified atom stereocenters. The number of halogens is 1. The summed E-state index contributed by atoms with van der Waals surface area (Å²) in [5.41, 5.74) is 0. The number of hydrogen-bond donors (Lipinski definition) is 0. The zero-order chi connectivity index (χ0) is 14.6. The minimum atomic E-state index is -1.84. The molecule has 2 atom stereocenters. The third-order valence-electron chi connectivity index (χ3n) is 3.79. The number of carbonyl (C=O) groups excluding carboxylic acids is 1. The fourth-order valence-electron chi connectivity index (χ4n) is 1.32. The van der Waals surface area contributed by atoms with Gasteiger partial charge in [-0.3, -0.25) is 4.79 Å². The molecule has 0 rings (SSSR count). The van der Waals surface area contributed by atoms with Gasteiger partial charge in [-0.05, 0) is 24.1 Å². The van der Waals surface area contributed by atoms with Crippen molar-refractivity contribution in [1.82, 2.24) is 0 Å². The lowest BCUT2D eigenvalue weighted by molar-refractivity contribution is -0.118. The van der Waals surface area contributed by atoms with Crippen LogP contribution in [0.3, 0.4) is 0 Å². The van der Waals surface area contributed by atoms with Gasteiger partial charge >= 0.3 is 0 Å². The minimum absolute atomic E-state index is 0.0477. The van der Waals surface area contributed by atoms with Gasteiger partial charge in [0, 0.05) is 6.42 Å². The molecule has 0 aliphatic rings. The summed E-state index contributed by atoms with van der Waals surface area (Å²) in [4.78, 5) is 11.6. The van der Waals surface area contributed by atoms with Crippen molar-refractivity contribution in [2.75, 3.05) is 5.33 Å². The van der Waals surface area contributed by atoms with Crippen LogP contribution in [0.2, 0.25) is 18.1 Å². The van der Waals surface area contributed by atoms with Crippen molar-refractivity contribution in [3.8, 4) is 0 Å². The number of Topliss-reactive ketones (excluding diaryl/α,β-unsaturated/α-hetero) is 1. The van der Waals surface area contributed by atoms with E-state index in [1.165, 1.54) is 0 Å². The standard InChI is InChI=1S/C14H27BrO2Si/c1-8-11(2)13(9-12(16)10-15)17-18(6,7)14(3,4)5/h8,11,13H,1,9-10H2,2-7H3/t11-,13+/m1/s1. The normalized spacial score (nSPS) is 16.2. The van der Waals surface area contributed by atoms with Crippen LogP contribution in [0.4, 0.5) is 0 Å². The van der Waals surface area contributed by atoms with Crippen LogP contribution in [-0.2, 0) is 9.22 Å². The summed E-state index contributed by atoms with van der Waals surface area (Å²) in [5, 5.41) is 0.553. The fraction of sp³-hybridized carbons (Fsp3) is 0.786. The van der Waals surface area contributed by atoms with Crippen molar-refractivity contribution >= 4 is 30.0 Å². The molecule has 4 heteroatoms. The Bertz CT molecular complexity index is 295. The van der Waals surface area contributed by atoms with E-state index in [9.17, 15) is 4.79 Å². The van der Waals surface area contributed by atoms with E-state index in [2.05, 4.69) is 63.3 Å². The van der Waals surface area contributed by atoms with Crippen LogP contribution in [0.5, 0.6) is 0 Å². The number of rotatable bonds is 7. The number of alkyl halides is 1. The topological polar surface area (TPSA) is 26.3 Å². The molecule has 106 valence electrons. The molecule has 0 N–H and O–H groups in total. The third-order valence-corrected chi connectivity index (χ3v) is 8.92. The largest absolute Gasteiger partial charge is 0.413 e. The van der Waals surface area contributed by atoms with E-state index in [1.807, 2.05) is 6.08 Å². The Morgan fingerprint density at radius 3 is 2.28 bits per heavy atom. The Kier molecular flexibility index (Phi) is 7.04. The lowest BCUT2D eigenvalue weighted by atomic mass is 10.0. The summed E-state index contributed by atoms with van der Waals surface area (Å²) in [7, 11) is -1.84. The van der Waals surface area contributed by atoms with Crippen molar-refractivity contribution in [2.45, 2.75) is 58.4 Å². The maximum absolute atomic E-state index is 11.6. The fourth-order valence-corrected chi connectivity index (χ4v) is 2.96. The van der Waals surface area contributed by atoms with Crippen LogP contribution in [-0.4, -0.2) is 25.5 Å².